The average Bonchev–Trinajstić information content (AvgIpc) is 2.79. The van der Waals surface area contributed by atoms with Crippen LogP contribution in [0.1, 0.15) is 77.1 Å². The minimum atomic E-state index is -0.872. The van der Waals surface area contributed by atoms with Gasteiger partial charge in [0, 0.05) is 12.2 Å². The van der Waals surface area contributed by atoms with Gasteiger partial charge in [-0.15, -0.1) is 0 Å². The second-order valence-corrected chi connectivity index (χ2v) is 11.0. The van der Waals surface area contributed by atoms with Gasteiger partial charge in [-0.2, -0.15) is 0 Å². The molecule has 0 radical (unpaired) electrons. The van der Waals surface area contributed by atoms with Crippen molar-refractivity contribution in [3.05, 3.63) is 65.2 Å². The Kier molecular flexibility index (Phi) is 10.7. The zero-order valence-electron chi connectivity index (χ0n) is 23.6. The van der Waals surface area contributed by atoms with E-state index in [-0.39, 0.29) is 17.7 Å². The molecule has 0 heterocycles. The lowest BCUT2D eigenvalue weighted by molar-refractivity contribution is -0.141. The summed E-state index contributed by atoms with van der Waals surface area (Å²) in [5, 5.41) is 5.80. The molecule has 2 atom stereocenters. The van der Waals surface area contributed by atoms with Gasteiger partial charge in [0.15, 0.2) is 0 Å². The van der Waals surface area contributed by atoms with E-state index >= 15 is 0 Å². The first-order chi connectivity index (χ1) is 17.3. The van der Waals surface area contributed by atoms with E-state index in [9.17, 15) is 14.4 Å². The van der Waals surface area contributed by atoms with Crippen LogP contribution in [0, 0.1) is 19.8 Å². The molecule has 2 aromatic carbocycles. The van der Waals surface area contributed by atoms with E-state index in [4.69, 9.17) is 4.74 Å². The Morgan fingerprint density at radius 1 is 0.973 bits per heavy atom. The summed E-state index contributed by atoms with van der Waals surface area (Å²) in [7, 11) is 0. The summed E-state index contributed by atoms with van der Waals surface area (Å²) in [4.78, 5) is 42.1. The Balaban J connectivity index is 2.49. The van der Waals surface area contributed by atoms with Crippen molar-refractivity contribution in [2.24, 2.45) is 5.92 Å². The van der Waals surface area contributed by atoms with Crippen LogP contribution in [0.3, 0.4) is 0 Å². The number of nitrogens with zero attached hydrogens (tertiary/aromatic N) is 1. The lowest BCUT2D eigenvalue weighted by atomic mass is 9.98. The maximum absolute atomic E-state index is 14.1. The van der Waals surface area contributed by atoms with Crippen molar-refractivity contribution in [1.29, 1.82) is 0 Å². The minimum absolute atomic E-state index is 0.131. The highest BCUT2D eigenvalue weighted by Gasteiger charge is 2.36. The molecule has 2 N–H and O–H groups in total. The Morgan fingerprint density at radius 2 is 1.59 bits per heavy atom. The molecule has 0 aliphatic rings. The van der Waals surface area contributed by atoms with Gasteiger partial charge in [-0.05, 0) is 70.6 Å². The number of anilines is 1. The second kappa shape index (κ2) is 13.3. The maximum atomic E-state index is 14.1. The van der Waals surface area contributed by atoms with Crippen LogP contribution in [0.25, 0.3) is 0 Å². The Bertz CT molecular complexity index is 1060. The summed E-state index contributed by atoms with van der Waals surface area (Å²) >= 11 is 0. The Morgan fingerprint density at radius 3 is 2.14 bits per heavy atom. The van der Waals surface area contributed by atoms with E-state index < -0.39 is 23.8 Å². The zero-order valence-corrected chi connectivity index (χ0v) is 23.6. The molecule has 37 heavy (non-hydrogen) atoms. The van der Waals surface area contributed by atoms with Crippen LogP contribution in [0.15, 0.2) is 48.5 Å². The molecule has 202 valence electrons. The number of alkyl carbamates (subject to hydrolysis) is 1. The first-order valence-corrected chi connectivity index (χ1v) is 13.1. The van der Waals surface area contributed by atoms with E-state index in [1.807, 2.05) is 83.1 Å². The van der Waals surface area contributed by atoms with Crippen molar-refractivity contribution in [3.8, 4) is 0 Å². The molecule has 0 aromatic heterocycles. The van der Waals surface area contributed by atoms with Crippen LogP contribution in [-0.4, -0.2) is 41.0 Å². The van der Waals surface area contributed by atoms with Crippen molar-refractivity contribution < 1.29 is 19.1 Å². The number of hydrogen-bond acceptors (Lipinski definition) is 4. The molecule has 7 heteroatoms. The SMILES string of the molecule is CCCN(C(=O)C(CC(C)C)NC(=O)OC(C)(C)C)C(C(=O)Nc1ccccc1C)c1ccc(C)cc1. The van der Waals surface area contributed by atoms with Gasteiger partial charge in [0.05, 0.1) is 0 Å². The molecule has 0 aliphatic carbocycles. The van der Waals surface area contributed by atoms with E-state index in [1.165, 1.54) is 0 Å². The monoisotopic (exact) mass is 509 g/mol. The number of benzene rings is 2. The molecule has 0 fully saturated rings. The third-order valence-corrected chi connectivity index (χ3v) is 5.80. The van der Waals surface area contributed by atoms with Crippen molar-refractivity contribution in [3.63, 3.8) is 0 Å². The largest absolute Gasteiger partial charge is 0.444 e. The van der Waals surface area contributed by atoms with Crippen molar-refractivity contribution in [1.82, 2.24) is 10.2 Å². The van der Waals surface area contributed by atoms with Crippen LogP contribution in [0.4, 0.5) is 10.5 Å². The summed E-state index contributed by atoms with van der Waals surface area (Å²) < 4.78 is 5.44. The fraction of sp³-hybridized carbons (Fsp3) is 0.500. The van der Waals surface area contributed by atoms with Crippen LogP contribution in [0.2, 0.25) is 0 Å². The lowest BCUT2D eigenvalue weighted by Crippen LogP contribution is -2.53. The molecule has 3 amide bonds. The molecule has 0 aliphatic heterocycles. The minimum Gasteiger partial charge on any atom is -0.444 e. The van der Waals surface area contributed by atoms with E-state index in [0.29, 0.717) is 30.6 Å². The standard InChI is InChI=1S/C30H43N3O4/c1-9-18-33(28(35)25(19-20(2)3)32-29(36)37-30(6,7)8)26(23-16-14-21(4)15-17-23)27(34)31-24-13-11-10-12-22(24)5/h10-17,20,25-26H,9,18-19H2,1-8H3,(H,31,34)(H,32,36). The molecular weight excluding hydrogens is 466 g/mol. The smallest absolute Gasteiger partial charge is 0.408 e. The van der Waals surface area contributed by atoms with E-state index in [1.54, 1.807) is 25.7 Å². The van der Waals surface area contributed by atoms with Crippen LogP contribution in [-0.2, 0) is 14.3 Å². The number of hydrogen-bond donors (Lipinski definition) is 2. The van der Waals surface area contributed by atoms with Crippen molar-refractivity contribution >= 4 is 23.6 Å². The fourth-order valence-electron chi connectivity index (χ4n) is 4.09. The number of ether oxygens (including phenoxy) is 1. The molecule has 2 unspecified atom stereocenters. The summed E-state index contributed by atoms with van der Waals surface area (Å²) in [6.45, 7) is 15.5. The number of amides is 3. The number of nitrogens with one attached hydrogen (secondary N) is 2. The highest BCUT2D eigenvalue weighted by atomic mass is 16.6. The predicted octanol–water partition coefficient (Wildman–Crippen LogP) is 6.16. The highest BCUT2D eigenvalue weighted by Crippen LogP contribution is 2.27. The molecule has 0 saturated carbocycles. The van der Waals surface area contributed by atoms with Crippen molar-refractivity contribution in [2.75, 3.05) is 11.9 Å². The molecule has 2 aromatic rings. The van der Waals surface area contributed by atoms with Gasteiger partial charge >= 0.3 is 6.09 Å². The van der Waals surface area contributed by atoms with E-state index in [0.717, 1.165) is 11.1 Å². The van der Waals surface area contributed by atoms with Gasteiger partial charge in [-0.25, -0.2) is 4.79 Å². The van der Waals surface area contributed by atoms with Gasteiger partial charge < -0.3 is 20.3 Å². The van der Waals surface area contributed by atoms with Gasteiger partial charge in [0.25, 0.3) is 5.91 Å². The topological polar surface area (TPSA) is 87.7 Å². The normalized spacial score (nSPS) is 13.0. The Labute approximate surface area is 222 Å². The molecule has 0 bridgehead atoms. The van der Waals surface area contributed by atoms with Crippen molar-refractivity contribution in [2.45, 2.75) is 85.9 Å². The predicted molar refractivity (Wildman–Crippen MR) is 148 cm³/mol. The third-order valence-electron chi connectivity index (χ3n) is 5.80. The molecule has 7 nitrogen and oxygen atoms in total. The first kappa shape index (κ1) is 29.9. The molecular formula is C30H43N3O4. The maximum Gasteiger partial charge on any atom is 0.408 e. The second-order valence-electron chi connectivity index (χ2n) is 11.0. The quantitative estimate of drug-likeness (QED) is 0.401. The lowest BCUT2D eigenvalue weighted by Gasteiger charge is -2.35. The summed E-state index contributed by atoms with van der Waals surface area (Å²) in [5.74, 6) is -0.488. The molecule has 0 spiro atoms. The zero-order chi connectivity index (χ0) is 27.8. The molecule has 2 rings (SSSR count). The summed E-state index contributed by atoms with van der Waals surface area (Å²) in [6.07, 6.45) is 0.407. The number of aryl methyl sites for hydroxylation is 2. The third kappa shape index (κ3) is 9.23. The fourth-order valence-corrected chi connectivity index (χ4v) is 4.09. The number of rotatable bonds is 10. The van der Waals surface area contributed by atoms with Crippen LogP contribution >= 0.6 is 0 Å². The Hall–Kier alpha value is -3.35. The van der Waals surface area contributed by atoms with Gasteiger partial charge in [0.1, 0.15) is 17.7 Å². The van der Waals surface area contributed by atoms with Crippen LogP contribution in [0.5, 0.6) is 0 Å². The highest BCUT2D eigenvalue weighted by molar-refractivity contribution is 5.99. The molecule has 0 saturated heterocycles. The van der Waals surface area contributed by atoms with Crippen LogP contribution < -0.4 is 10.6 Å². The van der Waals surface area contributed by atoms with Gasteiger partial charge in [-0.3, -0.25) is 9.59 Å². The summed E-state index contributed by atoms with van der Waals surface area (Å²) in [5.41, 5.74) is 2.69. The van der Waals surface area contributed by atoms with E-state index in [2.05, 4.69) is 10.6 Å². The number of carbonyl (C=O) groups is 3. The van der Waals surface area contributed by atoms with Gasteiger partial charge in [0.2, 0.25) is 5.91 Å². The first-order valence-electron chi connectivity index (χ1n) is 13.1. The van der Waals surface area contributed by atoms with Gasteiger partial charge in [-0.1, -0.05) is 68.8 Å². The average molecular weight is 510 g/mol. The summed E-state index contributed by atoms with van der Waals surface area (Å²) in [6, 6.07) is 13.5. The number of carbonyl (C=O) groups excluding carboxylic acids is 3. The number of para-hydroxylation sites is 1.